The molecule has 0 aromatic heterocycles. The van der Waals surface area contributed by atoms with Crippen LogP contribution in [0.4, 0.5) is 0 Å². The third kappa shape index (κ3) is 10.6. The summed E-state index contributed by atoms with van der Waals surface area (Å²) < 4.78 is 32.7. The zero-order chi connectivity index (χ0) is 75.6. The quantitative estimate of drug-likeness (QED) is 0.0644. The Hall–Kier alpha value is -13.2. The smallest absolute Gasteiger partial charge is 0.200 e. The molecule has 5 aliphatic heterocycles. The fourth-order valence-electron chi connectivity index (χ4n) is 15.5. The Kier molecular flexibility index (Phi) is 16.0. The molecule has 0 saturated carbocycles. The van der Waals surface area contributed by atoms with Gasteiger partial charge in [-0.3, -0.25) is 0 Å². The van der Waals surface area contributed by atoms with Crippen molar-refractivity contribution in [3.63, 3.8) is 0 Å². The number of hydrogen-bond donors (Lipinski definition) is 26. The van der Waals surface area contributed by atoms with Crippen LogP contribution >= 0.6 is 0 Å². The predicted octanol–water partition coefficient (Wildman–Crippen LogP) is 7.05. The Balaban J connectivity index is 1.01. The lowest BCUT2D eigenvalue weighted by Gasteiger charge is -2.45. The van der Waals surface area contributed by atoms with Crippen molar-refractivity contribution in [3.8, 4) is 149 Å². The summed E-state index contributed by atoms with van der Waals surface area (Å²) in [6.07, 6.45) is -20.5. The highest BCUT2D eigenvalue weighted by Crippen LogP contribution is 2.67. The largest absolute Gasteiger partial charge is 0.508 e. The van der Waals surface area contributed by atoms with E-state index in [2.05, 4.69) is 0 Å². The van der Waals surface area contributed by atoms with E-state index in [9.17, 15) is 133 Å². The molecule has 106 heavy (non-hydrogen) atoms. The van der Waals surface area contributed by atoms with Crippen molar-refractivity contribution in [3.05, 3.63) is 199 Å². The lowest BCUT2D eigenvalue weighted by atomic mass is 9.71. The first-order valence-corrected chi connectivity index (χ1v) is 32.3. The standard InChI is InChI=1S/C75H62O31/c76-27-5-1-22(2-6-27)68-63(98)57(49-35(83)15-28(77)16-48(49)102-68)51-37(85)19-39(87)55-60(66(101)71(105-73(51)55)26-13-45(93)62(97)46(94)14-26)56-42(90)21-40(88)53-59(64(99)69(104-74(53)56)24-4-8-31(79)34(82)10-24)54-41(89)20-38(86)52-58(65(100)70(106-75(52)54)25-11-43(91)61(96)44(92)12-25)50-36(84)18-32(80)29-17-47(95)67(103-72(29)50)23-3-7-30(78)33(81)9-23/h1-16,18-21,47,57-60,63-71,76-101H,17H2/t47-,57+,58-,59-,60+,63+,64-,65+,66+,67+,68+,69+,70+,71+/m0/s1. The third-order valence-corrected chi connectivity index (χ3v) is 20.2. The number of fused-ring (bicyclic) bond motifs is 5. The Morgan fingerprint density at radius 2 is 0.528 bits per heavy atom. The highest BCUT2D eigenvalue weighted by atomic mass is 16.5. The third-order valence-electron chi connectivity index (χ3n) is 20.2. The van der Waals surface area contributed by atoms with Crippen molar-refractivity contribution in [2.45, 2.75) is 91.1 Å². The van der Waals surface area contributed by atoms with Crippen molar-refractivity contribution in [1.82, 2.24) is 0 Å². The molecular formula is C75H62O31. The van der Waals surface area contributed by atoms with Crippen LogP contribution in [0.1, 0.15) is 132 Å². The molecule has 0 radical (unpaired) electrons. The molecular weight excluding hydrogens is 1400 g/mol. The molecule has 10 aromatic rings. The normalized spacial score (nSPS) is 24.1. The minimum Gasteiger partial charge on any atom is -0.508 e. The van der Waals surface area contributed by atoms with E-state index in [1.165, 1.54) is 30.3 Å². The van der Waals surface area contributed by atoms with Gasteiger partial charge in [0.15, 0.2) is 81.9 Å². The van der Waals surface area contributed by atoms with E-state index in [0.717, 1.165) is 72.8 Å². The summed E-state index contributed by atoms with van der Waals surface area (Å²) in [4.78, 5) is 0. The summed E-state index contributed by atoms with van der Waals surface area (Å²) >= 11 is 0. The van der Waals surface area contributed by atoms with Crippen LogP contribution in [0.25, 0.3) is 0 Å². The molecule has 5 aliphatic rings. The molecule has 0 amide bonds. The lowest BCUT2D eigenvalue weighted by Crippen LogP contribution is -2.40. The Bertz CT molecular complexity index is 5270. The van der Waals surface area contributed by atoms with Gasteiger partial charge in [0, 0.05) is 104 Å². The fraction of sp³-hybridized carbons (Fsp3) is 0.200. The number of aliphatic hydroxyl groups excluding tert-OH is 5. The summed E-state index contributed by atoms with van der Waals surface area (Å²) in [6.45, 7) is 0. The van der Waals surface area contributed by atoms with Crippen molar-refractivity contribution in [2.75, 3.05) is 0 Å². The van der Waals surface area contributed by atoms with Crippen molar-refractivity contribution >= 4 is 0 Å². The molecule has 10 aromatic carbocycles. The van der Waals surface area contributed by atoms with Crippen LogP contribution in [0.5, 0.6) is 149 Å². The summed E-state index contributed by atoms with van der Waals surface area (Å²) in [7, 11) is 0. The number of ether oxygens (including phenoxy) is 5. The van der Waals surface area contributed by atoms with E-state index in [1.807, 2.05) is 0 Å². The number of phenolic OH excluding ortho intramolecular Hbond substituents is 21. The van der Waals surface area contributed by atoms with E-state index in [1.54, 1.807) is 0 Å². The van der Waals surface area contributed by atoms with Gasteiger partial charge in [-0.1, -0.05) is 24.3 Å². The molecule has 0 fully saturated rings. The van der Waals surface area contributed by atoms with Crippen LogP contribution in [0.15, 0.2) is 121 Å². The Morgan fingerprint density at radius 3 is 0.915 bits per heavy atom. The van der Waals surface area contributed by atoms with Crippen LogP contribution in [-0.4, -0.2) is 163 Å². The average Bonchev–Trinajstić information content (AvgIpc) is 0.706. The molecule has 15 rings (SSSR count). The van der Waals surface area contributed by atoms with Crippen LogP contribution in [-0.2, 0) is 6.42 Å². The van der Waals surface area contributed by atoms with Crippen molar-refractivity contribution in [2.24, 2.45) is 0 Å². The minimum absolute atomic E-state index is 0.00163. The van der Waals surface area contributed by atoms with Crippen LogP contribution < -0.4 is 23.7 Å². The maximum absolute atomic E-state index is 13.4. The van der Waals surface area contributed by atoms with Gasteiger partial charge in [-0.15, -0.1) is 0 Å². The first kappa shape index (κ1) is 68.6. The van der Waals surface area contributed by atoms with Crippen molar-refractivity contribution < 1.29 is 156 Å². The second-order valence-electron chi connectivity index (χ2n) is 26.5. The number of rotatable bonds is 9. The minimum atomic E-state index is -2.39. The van der Waals surface area contributed by atoms with Gasteiger partial charge in [0.1, 0.15) is 123 Å². The molecule has 548 valence electrons. The van der Waals surface area contributed by atoms with E-state index in [4.69, 9.17) is 23.7 Å². The van der Waals surface area contributed by atoms with E-state index in [-0.39, 0.29) is 39.3 Å². The molecule has 0 unspecified atom stereocenters. The topological polar surface area (TPSA) is 572 Å². The predicted molar refractivity (Wildman–Crippen MR) is 357 cm³/mol. The van der Waals surface area contributed by atoms with Gasteiger partial charge in [0.25, 0.3) is 0 Å². The number of hydrogen-bond acceptors (Lipinski definition) is 31. The van der Waals surface area contributed by atoms with Gasteiger partial charge >= 0.3 is 0 Å². The van der Waals surface area contributed by atoms with Gasteiger partial charge < -0.3 is 156 Å². The summed E-state index contributed by atoms with van der Waals surface area (Å²) in [5.41, 5.74) is -6.42. The molecule has 0 aliphatic carbocycles. The summed E-state index contributed by atoms with van der Waals surface area (Å²) in [6, 6.07) is 19.4. The van der Waals surface area contributed by atoms with Gasteiger partial charge in [-0.25, -0.2) is 0 Å². The molecule has 5 heterocycles. The average molecular weight is 1460 g/mol. The van der Waals surface area contributed by atoms with Gasteiger partial charge in [-0.2, -0.15) is 0 Å². The maximum atomic E-state index is 13.4. The number of phenols is 21. The molecule has 0 saturated heterocycles. The molecule has 26 N–H and O–H groups in total. The Morgan fingerprint density at radius 1 is 0.226 bits per heavy atom. The summed E-state index contributed by atoms with van der Waals surface area (Å²) in [5.74, 6) is -30.4. The summed E-state index contributed by atoms with van der Waals surface area (Å²) in [5, 5.41) is 306. The van der Waals surface area contributed by atoms with E-state index < -0.39 is 279 Å². The van der Waals surface area contributed by atoms with Crippen LogP contribution in [0, 0.1) is 0 Å². The van der Waals surface area contributed by atoms with Gasteiger partial charge in [0.2, 0.25) is 0 Å². The highest BCUT2D eigenvalue weighted by Gasteiger charge is 2.55. The maximum Gasteiger partial charge on any atom is 0.200 e. The second kappa shape index (κ2) is 24.8. The highest BCUT2D eigenvalue weighted by molar-refractivity contribution is 5.75. The number of aromatic hydroxyl groups is 21. The molecule has 0 bridgehead atoms. The van der Waals surface area contributed by atoms with Gasteiger partial charge in [-0.05, 0) is 77.4 Å². The number of aliphatic hydroxyl groups is 5. The lowest BCUT2D eigenvalue weighted by molar-refractivity contribution is -0.0101. The molecule has 14 atom stereocenters. The van der Waals surface area contributed by atoms with Gasteiger partial charge in [0.05, 0.1) is 29.8 Å². The number of benzene rings is 10. The SMILES string of the molecule is Oc1ccc([C@H]2Oc3cc(O)cc(O)c3[C@H](c3c(O)cc(O)c4c3O[C@H](c3cc(O)c(O)c(O)c3)[C@H](O)[C@H]4c3c(O)cc(O)c4c3O[C@H](c3ccc(O)c(O)c3)[C@@H](O)[C@@H]4c3c(O)cc(O)c4c3O[C@H](c3cc(O)c(O)c(O)c3)[C@H](O)[C@H]4c3c(O)cc(O)c4c3O[C@H](c3ccc(O)c(O)c3)[C@@H](O)C4)[C@H]2O)cc1. The zero-order valence-electron chi connectivity index (χ0n) is 54.0. The molecule has 31 nitrogen and oxygen atoms in total. The van der Waals surface area contributed by atoms with Crippen molar-refractivity contribution in [1.29, 1.82) is 0 Å². The van der Waals surface area contributed by atoms with Crippen LogP contribution in [0.3, 0.4) is 0 Å². The fourth-order valence-corrected chi connectivity index (χ4v) is 15.5. The van der Waals surface area contributed by atoms with E-state index in [0.29, 0.717) is 18.2 Å². The zero-order valence-corrected chi connectivity index (χ0v) is 54.0. The monoisotopic (exact) mass is 1460 g/mol. The van der Waals surface area contributed by atoms with Crippen LogP contribution in [0.2, 0.25) is 0 Å². The van der Waals surface area contributed by atoms with E-state index >= 15 is 0 Å². The molecule has 0 spiro atoms. The second-order valence-corrected chi connectivity index (χ2v) is 26.5. The Labute approximate surface area is 594 Å². The molecule has 31 heteroatoms. The first-order valence-electron chi connectivity index (χ1n) is 32.3. The first-order chi connectivity index (χ1) is 50.3.